The lowest BCUT2D eigenvalue weighted by atomic mass is 9.89. The van der Waals surface area contributed by atoms with Crippen molar-refractivity contribution in [3.8, 4) is 5.69 Å². The molecule has 5 rings (SSSR count). The van der Waals surface area contributed by atoms with Crippen LogP contribution in [0, 0.1) is 11.2 Å². The number of amides is 1. The summed E-state index contributed by atoms with van der Waals surface area (Å²) in [4.78, 5) is 24.4. The van der Waals surface area contributed by atoms with Gasteiger partial charge in [0.25, 0.3) is 5.91 Å². The van der Waals surface area contributed by atoms with E-state index in [1.807, 2.05) is 13.8 Å². The van der Waals surface area contributed by atoms with Crippen LogP contribution in [-0.2, 0) is 43.7 Å². The number of nitrogens with one attached hydrogen (secondary N) is 1. The van der Waals surface area contributed by atoms with E-state index in [4.69, 9.17) is 20.9 Å². The molecule has 1 fully saturated rings. The van der Waals surface area contributed by atoms with Crippen LogP contribution in [0.25, 0.3) is 5.69 Å². The number of halogens is 1. The number of carbonyl (C=O) groups is 2. The smallest absolute Gasteiger partial charge is 0.322 e. The van der Waals surface area contributed by atoms with Crippen LogP contribution in [0.15, 0.2) is 17.0 Å². The third-order valence-electron chi connectivity index (χ3n) is 7.72. The first-order valence-electron chi connectivity index (χ1n) is 13.2. The van der Waals surface area contributed by atoms with Gasteiger partial charge in [0.1, 0.15) is 18.0 Å². The van der Waals surface area contributed by atoms with Gasteiger partial charge < -0.3 is 30.8 Å². The molecular formula is C27H35FN4O6S. The second kappa shape index (κ2) is 9.90. The van der Waals surface area contributed by atoms with E-state index in [1.165, 1.54) is 6.07 Å². The Kier molecular flexibility index (Phi) is 7.01. The van der Waals surface area contributed by atoms with Gasteiger partial charge in [-0.3, -0.25) is 9.59 Å². The maximum atomic E-state index is 15.5. The summed E-state index contributed by atoms with van der Waals surface area (Å²) >= 11 is 0. The number of sulfone groups is 1. The predicted molar refractivity (Wildman–Crippen MR) is 142 cm³/mol. The number of primary amides is 1. The highest BCUT2D eigenvalue weighted by molar-refractivity contribution is 7.91. The molecule has 1 atom stereocenters. The fourth-order valence-electron chi connectivity index (χ4n) is 6.09. The van der Waals surface area contributed by atoms with Gasteiger partial charge in [-0.25, -0.2) is 12.8 Å². The summed E-state index contributed by atoms with van der Waals surface area (Å²) in [6, 6.07) is 2.06. The molecule has 0 bridgehead atoms. The van der Waals surface area contributed by atoms with Gasteiger partial charge in [-0.05, 0) is 56.6 Å². The van der Waals surface area contributed by atoms with Crippen LogP contribution in [0.3, 0.4) is 0 Å². The molecule has 5 N–H and O–H groups in total. The van der Waals surface area contributed by atoms with Gasteiger partial charge in [0.2, 0.25) is 0 Å². The summed E-state index contributed by atoms with van der Waals surface area (Å²) in [5.74, 6) is -2.13. The highest BCUT2D eigenvalue weighted by Gasteiger charge is 2.43. The maximum Gasteiger partial charge on any atom is 0.322 e. The predicted octanol–water partition coefficient (Wildman–Crippen LogP) is 2.71. The summed E-state index contributed by atoms with van der Waals surface area (Å²) in [6.45, 7) is 5.75. The topological polar surface area (TPSA) is 156 Å². The van der Waals surface area contributed by atoms with Crippen molar-refractivity contribution in [2.75, 3.05) is 11.1 Å². The molecule has 1 aliphatic carbocycles. The van der Waals surface area contributed by atoms with Crippen molar-refractivity contribution in [3.05, 3.63) is 40.5 Å². The van der Waals surface area contributed by atoms with E-state index >= 15 is 4.39 Å². The van der Waals surface area contributed by atoms with E-state index in [-0.39, 0.29) is 47.3 Å². The Labute approximate surface area is 227 Å². The minimum atomic E-state index is -3.57. The van der Waals surface area contributed by atoms with Gasteiger partial charge in [-0.15, -0.1) is 0 Å². The number of fused-ring (bicyclic) bond motifs is 3. The van der Waals surface area contributed by atoms with Crippen LogP contribution in [0.4, 0.5) is 10.1 Å². The van der Waals surface area contributed by atoms with Crippen molar-refractivity contribution < 1.29 is 31.9 Å². The van der Waals surface area contributed by atoms with E-state index < -0.39 is 39.0 Å². The zero-order chi connectivity index (χ0) is 28.3. The fourth-order valence-corrected chi connectivity index (χ4v) is 8.44. The molecule has 0 spiro atoms. The number of nitrogens with two attached hydrogens (primary N) is 2. The molecule has 1 saturated carbocycles. The Morgan fingerprint density at radius 2 is 1.87 bits per heavy atom. The largest absolute Gasteiger partial charge is 0.461 e. The fraction of sp³-hybridized carbons (Fsp3) is 0.556. The molecule has 3 aliphatic rings. The van der Waals surface area contributed by atoms with Crippen LogP contribution in [-0.4, -0.2) is 48.8 Å². The molecule has 1 unspecified atom stereocenters. The highest BCUT2D eigenvalue weighted by atomic mass is 32.2. The molecule has 10 nitrogen and oxygen atoms in total. The van der Waals surface area contributed by atoms with Gasteiger partial charge in [-0.1, -0.05) is 13.8 Å². The molecule has 0 radical (unpaired) electrons. The Bertz CT molecular complexity index is 1440. The number of anilines is 1. The summed E-state index contributed by atoms with van der Waals surface area (Å²) in [7, 11) is -3.57. The Hall–Kier alpha value is -2.96. The first kappa shape index (κ1) is 27.6. The number of esters is 1. The number of aromatic nitrogens is 1. The number of rotatable bonds is 6. The van der Waals surface area contributed by atoms with Crippen LogP contribution in [0.1, 0.15) is 73.8 Å². The minimum absolute atomic E-state index is 0.0212. The first-order chi connectivity index (χ1) is 18.3. The third kappa shape index (κ3) is 5.17. The Morgan fingerprint density at radius 1 is 1.18 bits per heavy atom. The van der Waals surface area contributed by atoms with Crippen LogP contribution >= 0.6 is 0 Å². The van der Waals surface area contributed by atoms with Crippen molar-refractivity contribution in [2.24, 2.45) is 16.9 Å². The highest BCUT2D eigenvalue weighted by Crippen LogP contribution is 2.44. The number of ether oxygens (including phenoxy) is 2. The number of benzene rings is 1. The number of carbonyl (C=O) groups excluding carboxylic acids is 2. The second-order valence-electron chi connectivity index (χ2n) is 11.7. The molecule has 39 heavy (non-hydrogen) atoms. The van der Waals surface area contributed by atoms with E-state index in [2.05, 4.69) is 5.32 Å². The molecule has 212 valence electrons. The maximum absolute atomic E-state index is 15.5. The first-order valence-corrected chi connectivity index (χ1v) is 14.8. The summed E-state index contributed by atoms with van der Waals surface area (Å²) < 4.78 is 55.0. The summed E-state index contributed by atoms with van der Waals surface area (Å²) in [5.41, 5.74) is 12.9. The molecule has 0 saturated heterocycles. The van der Waals surface area contributed by atoms with Crippen molar-refractivity contribution in [1.82, 2.24) is 4.57 Å². The van der Waals surface area contributed by atoms with Crippen LogP contribution in [0.2, 0.25) is 0 Å². The SMILES string of the molecule is CC(N)C(=O)OC1CCC(Nc2cc(-n3c4c(c5c3CC(C)(C)CS5(=O)=O)COC4)cc(F)c2C(N)=O)CC1. The zero-order valence-electron chi connectivity index (χ0n) is 22.4. The quantitative estimate of drug-likeness (QED) is 0.454. The van der Waals surface area contributed by atoms with Crippen LogP contribution in [0.5, 0.6) is 0 Å². The van der Waals surface area contributed by atoms with Gasteiger partial charge in [0.05, 0.1) is 46.5 Å². The average molecular weight is 563 g/mol. The Balaban J connectivity index is 1.51. The number of hydrogen-bond donors (Lipinski definition) is 3. The van der Waals surface area contributed by atoms with E-state index in [0.717, 1.165) is 0 Å². The van der Waals surface area contributed by atoms with Gasteiger partial charge in [0, 0.05) is 17.3 Å². The minimum Gasteiger partial charge on any atom is -0.461 e. The van der Waals surface area contributed by atoms with Crippen molar-refractivity contribution in [1.29, 1.82) is 0 Å². The van der Waals surface area contributed by atoms with Crippen molar-refractivity contribution in [2.45, 2.75) is 89.2 Å². The normalized spacial score (nSPS) is 23.9. The van der Waals surface area contributed by atoms with Gasteiger partial charge in [-0.2, -0.15) is 0 Å². The molecule has 1 amide bonds. The Morgan fingerprint density at radius 3 is 2.51 bits per heavy atom. The van der Waals surface area contributed by atoms with E-state index in [9.17, 15) is 18.0 Å². The molecule has 1 aromatic heterocycles. The van der Waals surface area contributed by atoms with Crippen LogP contribution < -0.4 is 16.8 Å². The monoisotopic (exact) mass is 562 g/mol. The van der Waals surface area contributed by atoms with Gasteiger partial charge in [0.15, 0.2) is 9.84 Å². The number of hydrogen-bond acceptors (Lipinski definition) is 8. The molecule has 2 aliphatic heterocycles. The lowest BCUT2D eigenvalue weighted by Gasteiger charge is -2.32. The van der Waals surface area contributed by atoms with E-state index in [0.29, 0.717) is 54.7 Å². The lowest BCUT2D eigenvalue weighted by Crippen LogP contribution is -2.36. The summed E-state index contributed by atoms with van der Waals surface area (Å²) in [6.07, 6.45) is 2.66. The molecule has 1 aromatic carbocycles. The van der Waals surface area contributed by atoms with E-state index in [1.54, 1.807) is 17.6 Å². The van der Waals surface area contributed by atoms with Crippen molar-refractivity contribution in [3.63, 3.8) is 0 Å². The standard InChI is InChI=1S/C27H35FN4O6S/c1-14(29)26(34)38-17-6-4-15(5-7-17)31-20-9-16(8-19(28)23(20)25(30)33)32-21-10-27(2,3)13-39(35,36)24(21)18-11-37-12-22(18)32/h8-9,14-15,17,31H,4-7,10-13,29H2,1-3H3,(H2,30,33). The number of nitrogens with zero attached hydrogens (tertiary/aromatic N) is 1. The van der Waals surface area contributed by atoms with Crippen molar-refractivity contribution >= 4 is 27.4 Å². The second-order valence-corrected chi connectivity index (χ2v) is 13.6. The summed E-state index contributed by atoms with van der Waals surface area (Å²) in [5, 5.41) is 3.28. The molecular weight excluding hydrogens is 527 g/mol. The zero-order valence-corrected chi connectivity index (χ0v) is 23.2. The van der Waals surface area contributed by atoms with Gasteiger partial charge >= 0.3 is 5.97 Å². The molecule has 3 heterocycles. The average Bonchev–Trinajstić information content (AvgIpc) is 3.38. The molecule has 2 aromatic rings. The third-order valence-corrected chi connectivity index (χ3v) is 9.98. The molecule has 12 heteroatoms. The lowest BCUT2D eigenvalue weighted by molar-refractivity contribution is -0.151.